The third-order valence-electron chi connectivity index (χ3n) is 3.63. The van der Waals surface area contributed by atoms with Crippen molar-refractivity contribution in [1.29, 1.82) is 0 Å². The van der Waals surface area contributed by atoms with E-state index in [0.29, 0.717) is 18.2 Å². The van der Waals surface area contributed by atoms with E-state index in [-0.39, 0.29) is 12.1 Å². The summed E-state index contributed by atoms with van der Waals surface area (Å²) in [4.78, 5) is 12.1. The van der Waals surface area contributed by atoms with E-state index in [2.05, 4.69) is 18.9 Å². The summed E-state index contributed by atoms with van der Waals surface area (Å²) in [5, 5.41) is 4.57. The maximum Gasteiger partial charge on any atom is 0.255 e. The smallest absolute Gasteiger partial charge is 0.255 e. The highest BCUT2D eigenvalue weighted by Crippen LogP contribution is 2.14. The molecule has 0 aromatic carbocycles. The zero-order valence-corrected chi connectivity index (χ0v) is 12.1. The van der Waals surface area contributed by atoms with Gasteiger partial charge in [0.1, 0.15) is 0 Å². The number of aromatic nitrogens is 3. The molecule has 0 spiro atoms. The van der Waals surface area contributed by atoms with Gasteiger partial charge in [-0.05, 0) is 25.0 Å². The Morgan fingerprint density at radius 1 is 1.25 bits per heavy atom. The lowest BCUT2D eigenvalue weighted by Gasteiger charge is -2.12. The van der Waals surface area contributed by atoms with Gasteiger partial charge in [-0.15, -0.1) is 0 Å². The zero-order chi connectivity index (χ0) is 14.5. The lowest BCUT2D eigenvalue weighted by Crippen LogP contribution is -2.25. The highest BCUT2D eigenvalue weighted by Gasteiger charge is 2.09. The van der Waals surface area contributed by atoms with Gasteiger partial charge in [-0.1, -0.05) is 19.9 Å². The summed E-state index contributed by atoms with van der Waals surface area (Å²) in [6.07, 6.45) is 5.88. The number of nitrogens with zero attached hydrogens (tertiary/aromatic N) is 3. The Labute approximate surface area is 119 Å². The van der Waals surface area contributed by atoms with Crippen LogP contribution in [0.5, 0.6) is 0 Å². The molecule has 20 heavy (non-hydrogen) atoms. The normalized spacial score (nSPS) is 11.2. The maximum atomic E-state index is 12.1. The van der Waals surface area contributed by atoms with E-state index in [1.165, 1.54) is 0 Å². The van der Waals surface area contributed by atoms with Crippen LogP contribution < -0.4 is 11.3 Å². The van der Waals surface area contributed by atoms with Crippen molar-refractivity contribution >= 4 is 0 Å². The molecule has 5 nitrogen and oxygen atoms in total. The number of hydrogen-bond acceptors (Lipinski definition) is 3. The molecule has 0 amide bonds. The van der Waals surface area contributed by atoms with Crippen molar-refractivity contribution in [2.75, 3.05) is 0 Å². The van der Waals surface area contributed by atoms with Crippen LogP contribution in [0.2, 0.25) is 0 Å². The van der Waals surface area contributed by atoms with E-state index in [4.69, 9.17) is 5.73 Å². The lowest BCUT2D eigenvalue weighted by molar-refractivity contribution is 0.424. The SMILES string of the molecule is CCC(CC)n1ccc(Cn2cccc(CN)c2=O)n1. The first-order chi connectivity index (χ1) is 9.69. The predicted octanol–water partition coefficient (Wildman–Crippen LogP) is 1.91. The molecular weight excluding hydrogens is 252 g/mol. The summed E-state index contributed by atoms with van der Waals surface area (Å²) in [7, 11) is 0. The number of rotatable bonds is 6. The minimum atomic E-state index is -0.0351. The molecule has 2 rings (SSSR count). The maximum absolute atomic E-state index is 12.1. The monoisotopic (exact) mass is 274 g/mol. The van der Waals surface area contributed by atoms with Gasteiger partial charge in [0.15, 0.2) is 0 Å². The minimum absolute atomic E-state index is 0.0351. The van der Waals surface area contributed by atoms with Crippen molar-refractivity contribution < 1.29 is 0 Å². The Balaban J connectivity index is 2.21. The molecule has 2 aromatic rings. The topological polar surface area (TPSA) is 65.8 Å². The van der Waals surface area contributed by atoms with Crippen LogP contribution in [-0.2, 0) is 13.1 Å². The van der Waals surface area contributed by atoms with Crippen LogP contribution >= 0.6 is 0 Å². The second-order valence-electron chi connectivity index (χ2n) is 4.93. The van der Waals surface area contributed by atoms with Crippen LogP contribution in [0.15, 0.2) is 35.4 Å². The van der Waals surface area contributed by atoms with Crippen LogP contribution in [0, 0.1) is 0 Å². The van der Waals surface area contributed by atoms with Crippen molar-refractivity contribution in [2.24, 2.45) is 5.73 Å². The van der Waals surface area contributed by atoms with Gasteiger partial charge in [-0.3, -0.25) is 9.48 Å². The molecule has 2 heterocycles. The number of nitrogens with two attached hydrogens (primary N) is 1. The Morgan fingerprint density at radius 2 is 2.00 bits per heavy atom. The number of hydrogen-bond donors (Lipinski definition) is 1. The summed E-state index contributed by atoms with van der Waals surface area (Å²) in [5.41, 5.74) is 7.05. The summed E-state index contributed by atoms with van der Waals surface area (Å²) in [5.74, 6) is 0. The van der Waals surface area contributed by atoms with E-state index in [1.54, 1.807) is 16.8 Å². The average Bonchev–Trinajstić information content (AvgIpc) is 2.91. The third-order valence-corrected chi connectivity index (χ3v) is 3.63. The molecule has 0 aliphatic rings. The molecule has 108 valence electrons. The largest absolute Gasteiger partial charge is 0.326 e. The molecule has 0 saturated heterocycles. The Morgan fingerprint density at radius 3 is 2.65 bits per heavy atom. The van der Waals surface area contributed by atoms with Crippen molar-refractivity contribution in [1.82, 2.24) is 14.3 Å². The predicted molar refractivity (Wildman–Crippen MR) is 79.5 cm³/mol. The van der Waals surface area contributed by atoms with Gasteiger partial charge in [0, 0.05) is 24.5 Å². The quantitative estimate of drug-likeness (QED) is 0.875. The first kappa shape index (κ1) is 14.5. The van der Waals surface area contributed by atoms with Gasteiger partial charge >= 0.3 is 0 Å². The van der Waals surface area contributed by atoms with Gasteiger partial charge < -0.3 is 10.3 Å². The molecule has 2 N–H and O–H groups in total. The second-order valence-corrected chi connectivity index (χ2v) is 4.93. The standard InChI is InChI=1S/C15H22N4O/c1-3-14(4-2)19-9-7-13(17-19)11-18-8-5-6-12(10-16)15(18)20/h5-9,14H,3-4,10-11,16H2,1-2H3. The summed E-state index contributed by atoms with van der Waals surface area (Å²) < 4.78 is 3.65. The fourth-order valence-corrected chi connectivity index (χ4v) is 2.37. The van der Waals surface area contributed by atoms with Crippen LogP contribution in [0.25, 0.3) is 0 Å². The second kappa shape index (κ2) is 6.52. The molecule has 0 atom stereocenters. The van der Waals surface area contributed by atoms with Crippen LogP contribution in [-0.4, -0.2) is 14.3 Å². The molecule has 0 unspecified atom stereocenters. The van der Waals surface area contributed by atoms with Gasteiger partial charge in [-0.25, -0.2) is 0 Å². The van der Waals surface area contributed by atoms with Gasteiger partial charge in [-0.2, -0.15) is 5.10 Å². The minimum Gasteiger partial charge on any atom is -0.326 e. The van der Waals surface area contributed by atoms with Crippen LogP contribution in [0.4, 0.5) is 0 Å². The van der Waals surface area contributed by atoms with Crippen molar-refractivity contribution in [3.63, 3.8) is 0 Å². The first-order valence-corrected chi connectivity index (χ1v) is 7.12. The van der Waals surface area contributed by atoms with Crippen LogP contribution in [0.3, 0.4) is 0 Å². The first-order valence-electron chi connectivity index (χ1n) is 7.12. The molecule has 0 fully saturated rings. The molecule has 0 bridgehead atoms. The van der Waals surface area contributed by atoms with Gasteiger partial charge in [0.2, 0.25) is 0 Å². The molecular formula is C15H22N4O. The van der Waals surface area contributed by atoms with Gasteiger partial charge in [0.05, 0.1) is 18.3 Å². The Hall–Kier alpha value is -1.88. The third kappa shape index (κ3) is 2.99. The van der Waals surface area contributed by atoms with E-state index in [1.807, 2.05) is 23.0 Å². The fourth-order valence-electron chi connectivity index (χ4n) is 2.37. The van der Waals surface area contributed by atoms with Gasteiger partial charge in [0.25, 0.3) is 5.56 Å². The number of pyridine rings is 1. The van der Waals surface area contributed by atoms with E-state index in [0.717, 1.165) is 18.5 Å². The molecule has 2 aromatic heterocycles. The summed E-state index contributed by atoms with van der Waals surface area (Å²) >= 11 is 0. The Bertz CT molecular complexity index is 610. The van der Waals surface area contributed by atoms with E-state index >= 15 is 0 Å². The molecule has 0 radical (unpaired) electrons. The fraction of sp³-hybridized carbons (Fsp3) is 0.467. The van der Waals surface area contributed by atoms with Crippen LogP contribution in [0.1, 0.15) is 44.0 Å². The molecule has 0 aliphatic heterocycles. The van der Waals surface area contributed by atoms with Crippen molar-refractivity contribution in [2.45, 2.75) is 45.8 Å². The molecule has 5 heteroatoms. The zero-order valence-electron chi connectivity index (χ0n) is 12.1. The van der Waals surface area contributed by atoms with E-state index in [9.17, 15) is 4.79 Å². The Kier molecular flexibility index (Phi) is 4.74. The summed E-state index contributed by atoms with van der Waals surface area (Å²) in [6.45, 7) is 5.07. The molecule has 0 saturated carbocycles. The summed E-state index contributed by atoms with van der Waals surface area (Å²) in [6, 6.07) is 6.01. The lowest BCUT2D eigenvalue weighted by atomic mass is 10.2. The highest BCUT2D eigenvalue weighted by atomic mass is 16.1. The van der Waals surface area contributed by atoms with Crippen molar-refractivity contribution in [3.05, 3.63) is 52.2 Å². The highest BCUT2D eigenvalue weighted by molar-refractivity contribution is 5.11. The van der Waals surface area contributed by atoms with E-state index < -0.39 is 0 Å². The van der Waals surface area contributed by atoms with Crippen molar-refractivity contribution in [3.8, 4) is 0 Å². The average molecular weight is 274 g/mol. The molecule has 0 aliphatic carbocycles.